The molecule has 1 fully saturated rings. The quantitative estimate of drug-likeness (QED) is 0.416. The van der Waals surface area contributed by atoms with E-state index in [4.69, 9.17) is 14.2 Å². The van der Waals surface area contributed by atoms with Gasteiger partial charge in [-0.25, -0.2) is 4.79 Å². The molecule has 5 heteroatoms. The van der Waals surface area contributed by atoms with Gasteiger partial charge in [0.1, 0.15) is 12.4 Å². The zero-order valence-electron chi connectivity index (χ0n) is 20.6. The van der Waals surface area contributed by atoms with Crippen molar-refractivity contribution in [1.29, 1.82) is 0 Å². The monoisotopic (exact) mass is 481 g/mol. The summed E-state index contributed by atoms with van der Waals surface area (Å²) >= 11 is 0. The predicted molar refractivity (Wildman–Crippen MR) is 140 cm³/mol. The second-order valence-electron chi connectivity index (χ2n) is 9.74. The van der Waals surface area contributed by atoms with Crippen molar-refractivity contribution in [2.75, 3.05) is 26.4 Å². The molecule has 6 rings (SSSR count). The first-order valence-electron chi connectivity index (χ1n) is 12.9. The number of hydrogen-bond acceptors (Lipinski definition) is 4. The van der Waals surface area contributed by atoms with Gasteiger partial charge < -0.3 is 14.2 Å². The number of carbonyl (C=O) groups is 1. The Balaban J connectivity index is 1.19. The van der Waals surface area contributed by atoms with E-state index in [1.807, 2.05) is 17.0 Å². The standard InChI is InChI=1S/C31H31NO4/c1-2-14-35-25-9-7-8-21(17-25)22-15-23-18-34-19-24(16-22)32(23)31(33)36-20-30-28-12-5-3-10-26(28)27-11-4-6-13-29(27)30/h3-13,15,17,23-24,30H,2,14,16,18-20H2,1H3. The summed E-state index contributed by atoms with van der Waals surface area (Å²) in [7, 11) is 0. The van der Waals surface area contributed by atoms with Gasteiger partial charge in [0.05, 0.1) is 31.9 Å². The molecule has 2 heterocycles. The average molecular weight is 482 g/mol. The fraction of sp³-hybridized carbons (Fsp3) is 0.323. The van der Waals surface area contributed by atoms with Crippen molar-refractivity contribution in [1.82, 2.24) is 4.90 Å². The maximum atomic E-state index is 13.4. The molecule has 5 nitrogen and oxygen atoms in total. The molecule has 1 aliphatic carbocycles. The zero-order valence-corrected chi connectivity index (χ0v) is 20.6. The molecule has 36 heavy (non-hydrogen) atoms. The summed E-state index contributed by atoms with van der Waals surface area (Å²) in [4.78, 5) is 15.3. The van der Waals surface area contributed by atoms with Gasteiger partial charge in [-0.05, 0) is 58.4 Å². The molecule has 0 radical (unpaired) electrons. The third-order valence-electron chi connectivity index (χ3n) is 7.42. The van der Waals surface area contributed by atoms with Crippen molar-refractivity contribution in [3.05, 3.63) is 95.6 Å². The van der Waals surface area contributed by atoms with Crippen LogP contribution in [-0.4, -0.2) is 49.5 Å². The first-order chi connectivity index (χ1) is 17.7. The average Bonchev–Trinajstić information content (AvgIpc) is 3.23. The molecule has 1 amide bonds. The highest BCUT2D eigenvalue weighted by Gasteiger charge is 2.40. The van der Waals surface area contributed by atoms with Crippen LogP contribution in [0.15, 0.2) is 78.9 Å². The summed E-state index contributed by atoms with van der Waals surface area (Å²) in [6.07, 6.45) is 3.61. The van der Waals surface area contributed by atoms with Crippen molar-refractivity contribution in [2.24, 2.45) is 0 Å². The van der Waals surface area contributed by atoms with Crippen molar-refractivity contribution in [2.45, 2.75) is 37.8 Å². The number of rotatable bonds is 6. The maximum Gasteiger partial charge on any atom is 0.410 e. The molecule has 2 bridgehead atoms. The third kappa shape index (κ3) is 4.18. The van der Waals surface area contributed by atoms with Crippen LogP contribution >= 0.6 is 0 Å². The Bertz CT molecular complexity index is 1250. The fourth-order valence-corrected chi connectivity index (χ4v) is 5.77. The summed E-state index contributed by atoms with van der Waals surface area (Å²) in [5.41, 5.74) is 7.29. The van der Waals surface area contributed by atoms with Crippen molar-refractivity contribution in [3.63, 3.8) is 0 Å². The molecule has 0 saturated carbocycles. The molecular weight excluding hydrogens is 450 g/mol. The summed E-state index contributed by atoms with van der Waals surface area (Å²) in [6.45, 7) is 4.14. The fourth-order valence-electron chi connectivity index (χ4n) is 5.77. The smallest absolute Gasteiger partial charge is 0.410 e. The van der Waals surface area contributed by atoms with Crippen LogP contribution in [0.4, 0.5) is 4.79 Å². The highest BCUT2D eigenvalue weighted by Crippen LogP contribution is 2.44. The van der Waals surface area contributed by atoms with Crippen LogP contribution in [0.3, 0.4) is 0 Å². The van der Waals surface area contributed by atoms with Crippen molar-refractivity contribution in [3.8, 4) is 16.9 Å². The zero-order chi connectivity index (χ0) is 24.5. The molecule has 3 aromatic rings. The van der Waals surface area contributed by atoms with Crippen LogP contribution in [0.2, 0.25) is 0 Å². The van der Waals surface area contributed by atoms with Gasteiger partial charge in [-0.2, -0.15) is 0 Å². The highest BCUT2D eigenvalue weighted by atomic mass is 16.6. The first kappa shape index (κ1) is 22.9. The molecule has 3 aromatic carbocycles. The molecule has 0 aromatic heterocycles. The Morgan fingerprint density at radius 1 is 0.972 bits per heavy atom. The van der Waals surface area contributed by atoms with Crippen molar-refractivity contribution >= 4 is 11.7 Å². The first-order valence-corrected chi connectivity index (χ1v) is 12.9. The third-order valence-corrected chi connectivity index (χ3v) is 7.42. The van der Waals surface area contributed by atoms with E-state index in [9.17, 15) is 4.79 Å². The van der Waals surface area contributed by atoms with Crippen molar-refractivity contribution < 1.29 is 19.0 Å². The van der Waals surface area contributed by atoms with Gasteiger partial charge in [-0.15, -0.1) is 0 Å². The van der Waals surface area contributed by atoms with Gasteiger partial charge >= 0.3 is 6.09 Å². The number of benzene rings is 3. The lowest BCUT2D eigenvalue weighted by atomic mass is 9.90. The van der Waals surface area contributed by atoms with Gasteiger partial charge in [-0.1, -0.05) is 73.7 Å². The normalized spacial score (nSPS) is 20.4. The molecular formula is C31H31NO4. The molecule has 3 aliphatic rings. The molecule has 0 N–H and O–H groups in total. The van der Waals surface area contributed by atoms with E-state index in [1.54, 1.807) is 0 Å². The van der Waals surface area contributed by atoms with E-state index in [0.717, 1.165) is 24.2 Å². The van der Waals surface area contributed by atoms with Gasteiger partial charge in [0.2, 0.25) is 0 Å². The predicted octanol–water partition coefficient (Wildman–Crippen LogP) is 6.28. The van der Waals surface area contributed by atoms with Gasteiger partial charge in [0.15, 0.2) is 0 Å². The summed E-state index contributed by atoms with van der Waals surface area (Å²) < 4.78 is 17.7. The van der Waals surface area contributed by atoms with Crippen LogP contribution in [0.5, 0.6) is 5.75 Å². The minimum absolute atomic E-state index is 0.0420. The van der Waals surface area contributed by atoms with Crippen LogP contribution in [0, 0.1) is 0 Å². The second-order valence-corrected chi connectivity index (χ2v) is 9.74. The largest absolute Gasteiger partial charge is 0.494 e. The number of hydrogen-bond donors (Lipinski definition) is 0. The number of amides is 1. The molecule has 0 spiro atoms. The van der Waals surface area contributed by atoms with E-state index in [1.165, 1.54) is 27.8 Å². The van der Waals surface area contributed by atoms with Gasteiger partial charge in [-0.3, -0.25) is 4.90 Å². The SMILES string of the molecule is CCCOc1cccc(C2=CC3COCC(C2)N3C(=O)OCC2c3ccccc3-c3ccccc32)c1. The Labute approximate surface area is 212 Å². The molecule has 184 valence electrons. The lowest BCUT2D eigenvalue weighted by Crippen LogP contribution is -2.56. The van der Waals surface area contributed by atoms with E-state index >= 15 is 0 Å². The minimum atomic E-state index is -0.259. The molecule has 1 saturated heterocycles. The Morgan fingerprint density at radius 3 is 2.44 bits per heavy atom. The number of ether oxygens (including phenoxy) is 3. The topological polar surface area (TPSA) is 48.0 Å². The lowest BCUT2D eigenvalue weighted by molar-refractivity contribution is -0.0331. The van der Waals surface area contributed by atoms with Crippen LogP contribution < -0.4 is 4.74 Å². The molecule has 2 atom stereocenters. The number of nitrogens with zero attached hydrogens (tertiary/aromatic N) is 1. The van der Waals surface area contributed by atoms with Crippen LogP contribution in [-0.2, 0) is 9.47 Å². The number of morpholine rings is 1. The summed E-state index contributed by atoms with van der Waals surface area (Å²) in [5, 5.41) is 0. The molecule has 2 aliphatic heterocycles. The second kappa shape index (κ2) is 9.82. The Kier molecular flexibility index (Phi) is 6.24. The Hall–Kier alpha value is -3.57. The summed E-state index contributed by atoms with van der Waals surface area (Å²) in [5.74, 6) is 0.940. The number of fused-ring (bicyclic) bond motifs is 5. The number of carbonyl (C=O) groups excluding carboxylic acids is 1. The highest BCUT2D eigenvalue weighted by molar-refractivity contribution is 5.79. The molecule has 2 unspecified atom stereocenters. The Morgan fingerprint density at radius 2 is 1.72 bits per heavy atom. The maximum absolute atomic E-state index is 13.4. The van der Waals surface area contributed by atoms with Crippen LogP contribution in [0.25, 0.3) is 16.7 Å². The lowest BCUT2D eigenvalue weighted by Gasteiger charge is -2.44. The van der Waals surface area contributed by atoms with Gasteiger partial charge in [0, 0.05) is 5.92 Å². The van der Waals surface area contributed by atoms with Gasteiger partial charge in [0.25, 0.3) is 0 Å². The van der Waals surface area contributed by atoms with E-state index in [0.29, 0.717) is 26.4 Å². The minimum Gasteiger partial charge on any atom is -0.494 e. The van der Waals surface area contributed by atoms with Crippen LogP contribution in [0.1, 0.15) is 42.4 Å². The van der Waals surface area contributed by atoms with E-state index < -0.39 is 0 Å². The summed E-state index contributed by atoms with van der Waals surface area (Å²) in [6, 6.07) is 24.9. The van der Waals surface area contributed by atoms with E-state index in [-0.39, 0.29) is 24.1 Å². The van der Waals surface area contributed by atoms with E-state index in [2.05, 4.69) is 73.7 Å².